The molecular weight excluding hydrogens is 718 g/mol. The zero-order valence-electron chi connectivity index (χ0n) is 32.2. The summed E-state index contributed by atoms with van der Waals surface area (Å²) in [6.07, 6.45) is 4.21. The number of alkyl carbamates (subject to hydrolysis) is 1. The second-order valence-electron chi connectivity index (χ2n) is 14.8. The molecule has 5 N–H and O–H groups in total. The third-order valence-electron chi connectivity index (χ3n) is 10.5. The lowest BCUT2D eigenvalue weighted by atomic mass is 10.0. The van der Waals surface area contributed by atoms with Crippen LogP contribution in [0.5, 0.6) is 0 Å². The van der Waals surface area contributed by atoms with Crippen LogP contribution < -0.4 is 10.6 Å². The normalized spacial score (nSPS) is 17.8. The molecule has 5 amide bonds. The molecule has 2 aromatic heterocycles. The number of carbonyl (C=O) groups is 5. The number of aromatic nitrogens is 4. The maximum atomic E-state index is 13.5. The number of hydrogen-bond acceptors (Lipinski definition) is 8. The summed E-state index contributed by atoms with van der Waals surface area (Å²) in [5.41, 5.74) is 5.51. The van der Waals surface area contributed by atoms with Gasteiger partial charge >= 0.3 is 12.2 Å². The number of benzene rings is 2. The number of aromatic amines is 2. The van der Waals surface area contributed by atoms with Gasteiger partial charge in [0.2, 0.25) is 17.7 Å². The minimum atomic E-state index is -1.37. The molecule has 0 aliphatic carbocycles. The van der Waals surface area contributed by atoms with E-state index in [0.717, 1.165) is 52.9 Å². The molecule has 2 fully saturated rings. The molecule has 4 atom stereocenters. The summed E-state index contributed by atoms with van der Waals surface area (Å²) < 4.78 is 4.74. The van der Waals surface area contributed by atoms with Crippen molar-refractivity contribution in [3.63, 3.8) is 0 Å². The summed E-state index contributed by atoms with van der Waals surface area (Å²) >= 11 is 0. The summed E-state index contributed by atoms with van der Waals surface area (Å²) in [4.78, 5) is 83.5. The first kappa shape index (κ1) is 39.5. The van der Waals surface area contributed by atoms with E-state index in [1.54, 1.807) is 36.3 Å². The van der Waals surface area contributed by atoms with Crippen molar-refractivity contribution in [1.82, 2.24) is 45.3 Å². The Balaban J connectivity index is 1.10. The molecular formula is C40H49N9O7. The zero-order valence-corrected chi connectivity index (χ0v) is 32.2. The van der Waals surface area contributed by atoms with E-state index < -0.39 is 30.2 Å². The summed E-state index contributed by atoms with van der Waals surface area (Å²) in [6, 6.07) is 13.7. The molecule has 2 saturated heterocycles. The summed E-state index contributed by atoms with van der Waals surface area (Å²) in [6.45, 7) is 4.79. The standard InChI is InChI=1S/C40H49N9O7/c1-23(2)34(46-40(55)56-5)38(52)49-19-7-9-32(49)36-42-22-30(44-36)27-16-12-25(13-17-27)24-10-14-26(15-11-24)29-21-41-35(43-29)31-8-6-18-48(31)37(51)28(45-39(53)54)20-33(50)47(3)4/h10-17,21-23,28,31-32,34,45H,6-9,18-20H2,1-5H3,(H,41,43)(H,42,44)(H,46,55)(H,53,54)/t28-,31-,32-,34-/m0/s1. The van der Waals surface area contributed by atoms with Gasteiger partial charge in [0.1, 0.15) is 23.7 Å². The molecule has 0 unspecified atom stereocenters. The topological polar surface area (TPSA) is 206 Å². The van der Waals surface area contributed by atoms with Crippen molar-refractivity contribution in [1.29, 1.82) is 0 Å². The van der Waals surface area contributed by atoms with Gasteiger partial charge in [-0.2, -0.15) is 0 Å². The maximum absolute atomic E-state index is 13.5. The van der Waals surface area contributed by atoms with Crippen molar-refractivity contribution in [2.24, 2.45) is 5.92 Å². The minimum absolute atomic E-state index is 0.117. The molecule has 0 saturated carbocycles. The Labute approximate surface area is 325 Å². The zero-order chi connectivity index (χ0) is 40.1. The predicted molar refractivity (Wildman–Crippen MR) is 207 cm³/mol. The van der Waals surface area contributed by atoms with Crippen LogP contribution in [-0.4, -0.2) is 116 Å². The van der Waals surface area contributed by atoms with Gasteiger partial charge in [0.25, 0.3) is 0 Å². The van der Waals surface area contributed by atoms with E-state index in [-0.39, 0.29) is 36.2 Å². The van der Waals surface area contributed by atoms with Gasteiger partial charge in [-0.3, -0.25) is 14.4 Å². The lowest BCUT2D eigenvalue weighted by Gasteiger charge is -2.30. The van der Waals surface area contributed by atoms with Crippen molar-refractivity contribution in [3.8, 4) is 33.6 Å². The van der Waals surface area contributed by atoms with E-state index in [0.29, 0.717) is 31.2 Å². The van der Waals surface area contributed by atoms with Gasteiger partial charge < -0.3 is 45.1 Å². The van der Waals surface area contributed by atoms with E-state index >= 15 is 0 Å². The van der Waals surface area contributed by atoms with Crippen molar-refractivity contribution in [2.75, 3.05) is 34.3 Å². The Kier molecular flexibility index (Phi) is 12.1. The van der Waals surface area contributed by atoms with Crippen LogP contribution in [0.25, 0.3) is 33.6 Å². The molecule has 2 aromatic carbocycles. The summed E-state index contributed by atoms with van der Waals surface area (Å²) in [5.74, 6) is 0.228. The van der Waals surface area contributed by atoms with Crippen molar-refractivity contribution in [3.05, 3.63) is 72.6 Å². The molecule has 56 heavy (non-hydrogen) atoms. The molecule has 2 aliphatic rings. The van der Waals surface area contributed by atoms with Crippen LogP contribution in [0.2, 0.25) is 0 Å². The molecule has 0 bridgehead atoms. The Morgan fingerprint density at radius 2 is 1.25 bits per heavy atom. The van der Waals surface area contributed by atoms with Gasteiger partial charge in [0.05, 0.1) is 49.4 Å². The van der Waals surface area contributed by atoms with E-state index in [2.05, 4.69) is 30.6 Å². The fourth-order valence-electron chi connectivity index (χ4n) is 7.40. The second kappa shape index (κ2) is 17.1. The molecule has 4 heterocycles. The molecule has 16 nitrogen and oxygen atoms in total. The number of carboxylic acid groups (broad SMARTS) is 1. The first-order valence-electron chi connectivity index (χ1n) is 18.8. The molecule has 16 heteroatoms. The minimum Gasteiger partial charge on any atom is -0.465 e. The van der Waals surface area contributed by atoms with Crippen LogP contribution in [0.15, 0.2) is 60.9 Å². The summed E-state index contributed by atoms with van der Waals surface area (Å²) in [7, 11) is 4.40. The Bertz CT molecular complexity index is 2040. The largest absolute Gasteiger partial charge is 0.465 e. The third-order valence-corrected chi connectivity index (χ3v) is 10.5. The highest BCUT2D eigenvalue weighted by Gasteiger charge is 2.39. The fraction of sp³-hybridized carbons (Fsp3) is 0.425. The number of ether oxygens (including phenoxy) is 1. The first-order chi connectivity index (χ1) is 26.8. The Morgan fingerprint density at radius 1 is 0.786 bits per heavy atom. The van der Waals surface area contributed by atoms with Crippen LogP contribution in [0, 0.1) is 5.92 Å². The highest BCUT2D eigenvalue weighted by atomic mass is 16.5. The first-order valence-corrected chi connectivity index (χ1v) is 18.8. The molecule has 296 valence electrons. The number of amides is 5. The number of methoxy groups -OCH3 is 1. The van der Waals surface area contributed by atoms with Gasteiger partial charge in [-0.05, 0) is 53.9 Å². The van der Waals surface area contributed by atoms with Gasteiger partial charge in [-0.15, -0.1) is 0 Å². The molecule has 2 aliphatic heterocycles. The van der Waals surface area contributed by atoms with Crippen LogP contribution in [0.1, 0.15) is 69.7 Å². The quantitative estimate of drug-likeness (QED) is 0.132. The number of likely N-dealkylation sites (tertiary alicyclic amines) is 2. The molecule has 6 rings (SSSR count). The number of carbonyl (C=O) groups excluding carboxylic acids is 4. The highest BCUT2D eigenvalue weighted by Crippen LogP contribution is 2.35. The van der Waals surface area contributed by atoms with E-state index in [4.69, 9.17) is 4.74 Å². The summed E-state index contributed by atoms with van der Waals surface area (Å²) in [5, 5.41) is 14.2. The SMILES string of the molecule is COC(=O)N[C@H](C(=O)N1CCC[C@H]1c1ncc(-c2ccc(-c3ccc(-c4cnc([C@@H]5CCCN5C(=O)[C@H](CC(=O)N(C)C)NC(=O)O)[nH]4)cc3)cc2)[nH]1)C(C)C. The fourth-order valence-corrected chi connectivity index (χ4v) is 7.40. The number of nitrogens with one attached hydrogen (secondary N) is 4. The van der Waals surface area contributed by atoms with Gasteiger partial charge in [0, 0.05) is 27.2 Å². The van der Waals surface area contributed by atoms with Gasteiger partial charge in [-0.1, -0.05) is 62.4 Å². The number of H-pyrrole nitrogens is 2. The van der Waals surface area contributed by atoms with Gasteiger partial charge in [0.15, 0.2) is 0 Å². The Morgan fingerprint density at radius 3 is 1.68 bits per heavy atom. The molecule has 0 spiro atoms. The lowest BCUT2D eigenvalue weighted by molar-refractivity contribution is -0.138. The average Bonchev–Trinajstić information content (AvgIpc) is 4.02. The third kappa shape index (κ3) is 8.69. The van der Waals surface area contributed by atoms with Crippen molar-refractivity contribution in [2.45, 2.75) is 70.1 Å². The van der Waals surface area contributed by atoms with Crippen LogP contribution in [0.4, 0.5) is 9.59 Å². The molecule has 4 aromatic rings. The van der Waals surface area contributed by atoms with Crippen LogP contribution in [-0.2, 0) is 19.1 Å². The van der Waals surface area contributed by atoms with E-state index in [1.165, 1.54) is 12.0 Å². The smallest absolute Gasteiger partial charge is 0.407 e. The van der Waals surface area contributed by atoms with Crippen LogP contribution in [0.3, 0.4) is 0 Å². The number of hydrogen-bond donors (Lipinski definition) is 5. The van der Waals surface area contributed by atoms with Gasteiger partial charge in [-0.25, -0.2) is 19.6 Å². The average molecular weight is 768 g/mol. The number of nitrogens with zero attached hydrogens (tertiary/aromatic N) is 5. The predicted octanol–water partition coefficient (Wildman–Crippen LogP) is 4.96. The van der Waals surface area contributed by atoms with Crippen molar-refractivity contribution < 1.29 is 33.8 Å². The Hall–Kier alpha value is -6.19. The highest BCUT2D eigenvalue weighted by molar-refractivity contribution is 5.91. The van der Waals surface area contributed by atoms with Crippen LogP contribution >= 0.6 is 0 Å². The second-order valence-corrected chi connectivity index (χ2v) is 14.8. The maximum Gasteiger partial charge on any atom is 0.407 e. The lowest BCUT2D eigenvalue weighted by Crippen LogP contribution is -2.51. The van der Waals surface area contributed by atoms with E-state index in [9.17, 15) is 29.1 Å². The molecule has 0 radical (unpaired) electrons. The number of rotatable bonds is 12. The van der Waals surface area contributed by atoms with Crippen molar-refractivity contribution >= 4 is 29.9 Å². The monoisotopic (exact) mass is 767 g/mol. The van der Waals surface area contributed by atoms with E-state index in [1.807, 2.05) is 62.4 Å². The number of imidazole rings is 2.